The molecular weight excluding hydrogens is 320 g/mol. The van der Waals surface area contributed by atoms with Crippen LogP contribution in [-0.4, -0.2) is 24.8 Å². The first-order valence-corrected chi connectivity index (χ1v) is 9.13. The first-order valence-electron chi connectivity index (χ1n) is 9.13. The fourth-order valence-corrected chi connectivity index (χ4v) is 3.81. The molecule has 7 nitrogen and oxygen atoms in total. The molecule has 4 N–H and O–H groups in total. The Labute approximate surface area is 147 Å². The summed E-state index contributed by atoms with van der Waals surface area (Å²) >= 11 is 0. The highest BCUT2D eigenvalue weighted by Crippen LogP contribution is 2.33. The fourth-order valence-electron chi connectivity index (χ4n) is 3.81. The molecule has 1 aromatic carbocycles. The second-order valence-corrected chi connectivity index (χ2v) is 7.11. The van der Waals surface area contributed by atoms with Gasteiger partial charge in [0.1, 0.15) is 12.4 Å². The van der Waals surface area contributed by atoms with E-state index < -0.39 is 0 Å². The number of hydroxylamine groups is 2. The van der Waals surface area contributed by atoms with Gasteiger partial charge in [-0.1, -0.05) is 25.1 Å². The first kappa shape index (κ1) is 16.9. The van der Waals surface area contributed by atoms with Crippen molar-refractivity contribution < 1.29 is 14.5 Å². The van der Waals surface area contributed by atoms with Crippen LogP contribution in [0.3, 0.4) is 0 Å². The van der Waals surface area contributed by atoms with Crippen LogP contribution in [0, 0.1) is 5.92 Å². The van der Waals surface area contributed by atoms with Crippen molar-refractivity contribution in [3.8, 4) is 0 Å². The molecule has 1 aliphatic carbocycles. The van der Waals surface area contributed by atoms with E-state index in [4.69, 9.17) is 9.68 Å². The van der Waals surface area contributed by atoms with Gasteiger partial charge < -0.3 is 10.2 Å². The molecule has 2 heterocycles. The quantitative estimate of drug-likeness (QED) is 0.656. The number of hydrogen-bond donors (Lipinski definition) is 4. The van der Waals surface area contributed by atoms with Gasteiger partial charge in [-0.2, -0.15) is 11.0 Å². The number of benzene rings is 1. The molecule has 0 bridgehead atoms. The lowest BCUT2D eigenvalue weighted by Crippen LogP contribution is -2.39. The second-order valence-electron chi connectivity index (χ2n) is 7.11. The summed E-state index contributed by atoms with van der Waals surface area (Å²) in [7, 11) is 0. The topological polar surface area (TPSA) is 83.7 Å². The van der Waals surface area contributed by atoms with Gasteiger partial charge in [-0.3, -0.25) is 14.9 Å². The maximum absolute atomic E-state index is 12.5. The van der Waals surface area contributed by atoms with Crippen LogP contribution in [0.1, 0.15) is 55.6 Å². The molecule has 0 saturated carbocycles. The SMILES string of the molecule is CCC1NC(c2ccc3c(c2)CC[C@H]3NC(=O)C2CONC2C)NO1. The van der Waals surface area contributed by atoms with Crippen molar-refractivity contribution in [1.29, 1.82) is 0 Å². The average Bonchev–Trinajstić information content (AvgIpc) is 3.34. The number of fused-ring (bicyclic) bond motifs is 1. The van der Waals surface area contributed by atoms with Crippen molar-refractivity contribution >= 4 is 5.91 Å². The van der Waals surface area contributed by atoms with Crippen LogP contribution in [0.2, 0.25) is 0 Å². The summed E-state index contributed by atoms with van der Waals surface area (Å²) < 4.78 is 0. The summed E-state index contributed by atoms with van der Waals surface area (Å²) in [5.41, 5.74) is 9.60. The summed E-state index contributed by atoms with van der Waals surface area (Å²) in [6.07, 6.45) is 2.91. The van der Waals surface area contributed by atoms with E-state index in [0.29, 0.717) is 6.61 Å². The summed E-state index contributed by atoms with van der Waals surface area (Å²) in [5, 5.41) is 6.61. The Balaban J connectivity index is 1.43. The number of hydrogen-bond acceptors (Lipinski definition) is 6. The highest BCUT2D eigenvalue weighted by atomic mass is 16.7. The van der Waals surface area contributed by atoms with Crippen LogP contribution in [0.25, 0.3) is 0 Å². The van der Waals surface area contributed by atoms with Crippen LogP contribution in [0.15, 0.2) is 18.2 Å². The Morgan fingerprint density at radius 1 is 1.36 bits per heavy atom. The molecule has 2 aliphatic heterocycles. The van der Waals surface area contributed by atoms with Gasteiger partial charge in [0.15, 0.2) is 0 Å². The van der Waals surface area contributed by atoms with Crippen molar-refractivity contribution in [3.63, 3.8) is 0 Å². The minimum atomic E-state index is -0.127. The van der Waals surface area contributed by atoms with Gasteiger partial charge in [-0.05, 0) is 42.9 Å². The lowest BCUT2D eigenvalue weighted by atomic mass is 10.0. The van der Waals surface area contributed by atoms with E-state index in [2.05, 4.69) is 46.7 Å². The van der Waals surface area contributed by atoms with Gasteiger partial charge >= 0.3 is 0 Å². The standard InChI is InChI=1S/C18H26N4O3/c1-3-16-20-17(22-25-16)12-4-6-13-11(8-12)5-7-15(13)19-18(23)14-9-24-21-10(14)2/h4,6,8,10,14-17,20-22H,3,5,7,9H2,1-2H3,(H,19,23)/t10?,14?,15-,16?,17?/m1/s1. The number of rotatable bonds is 4. The molecule has 5 atom stereocenters. The highest BCUT2D eigenvalue weighted by Gasteiger charge is 2.34. The lowest BCUT2D eigenvalue weighted by molar-refractivity contribution is -0.125. The van der Waals surface area contributed by atoms with Crippen LogP contribution >= 0.6 is 0 Å². The van der Waals surface area contributed by atoms with E-state index in [9.17, 15) is 4.79 Å². The van der Waals surface area contributed by atoms with Crippen molar-refractivity contribution in [2.75, 3.05) is 6.61 Å². The van der Waals surface area contributed by atoms with Gasteiger partial charge in [0.05, 0.1) is 18.6 Å². The van der Waals surface area contributed by atoms with Gasteiger partial charge in [0.25, 0.3) is 0 Å². The third-order valence-electron chi connectivity index (χ3n) is 5.42. The van der Waals surface area contributed by atoms with E-state index in [0.717, 1.165) is 19.3 Å². The molecule has 0 aromatic heterocycles. The maximum atomic E-state index is 12.5. The molecule has 4 rings (SSSR count). The molecule has 0 spiro atoms. The molecule has 25 heavy (non-hydrogen) atoms. The number of nitrogens with one attached hydrogen (secondary N) is 4. The van der Waals surface area contributed by atoms with Gasteiger partial charge in [-0.25, -0.2) is 0 Å². The largest absolute Gasteiger partial charge is 0.349 e. The smallest absolute Gasteiger partial charge is 0.227 e. The minimum absolute atomic E-state index is 0.0199. The predicted octanol–water partition coefficient (Wildman–Crippen LogP) is 1.19. The predicted molar refractivity (Wildman–Crippen MR) is 91.9 cm³/mol. The van der Waals surface area contributed by atoms with Gasteiger partial charge in [-0.15, -0.1) is 0 Å². The average molecular weight is 346 g/mol. The summed E-state index contributed by atoms with van der Waals surface area (Å²) in [6.45, 7) is 4.49. The molecule has 7 heteroatoms. The third-order valence-corrected chi connectivity index (χ3v) is 5.42. The molecule has 0 radical (unpaired) electrons. The first-order chi connectivity index (χ1) is 12.2. The summed E-state index contributed by atoms with van der Waals surface area (Å²) in [6, 6.07) is 6.61. The molecular formula is C18H26N4O3. The molecule has 3 aliphatic rings. The summed E-state index contributed by atoms with van der Waals surface area (Å²) in [4.78, 5) is 23.2. The summed E-state index contributed by atoms with van der Waals surface area (Å²) in [5.74, 6) is -0.0592. The number of carbonyl (C=O) groups is 1. The van der Waals surface area contributed by atoms with Crippen LogP contribution in [0.4, 0.5) is 0 Å². The highest BCUT2D eigenvalue weighted by molar-refractivity contribution is 5.80. The number of amides is 1. The molecule has 136 valence electrons. The minimum Gasteiger partial charge on any atom is -0.349 e. The maximum Gasteiger partial charge on any atom is 0.227 e. The normalized spacial score (nSPS) is 34.2. The molecule has 1 aromatic rings. The van der Waals surface area contributed by atoms with Crippen LogP contribution in [-0.2, 0) is 20.9 Å². The van der Waals surface area contributed by atoms with Crippen LogP contribution in [0.5, 0.6) is 0 Å². The van der Waals surface area contributed by atoms with Crippen molar-refractivity contribution in [2.24, 2.45) is 5.92 Å². The monoisotopic (exact) mass is 346 g/mol. The Kier molecular flexibility index (Phi) is 4.75. The number of carbonyl (C=O) groups excluding carboxylic acids is 1. The third kappa shape index (κ3) is 3.30. The van der Waals surface area contributed by atoms with E-state index in [1.165, 1.54) is 16.7 Å². The lowest BCUT2D eigenvalue weighted by Gasteiger charge is -2.19. The van der Waals surface area contributed by atoms with E-state index in [-0.39, 0.29) is 36.3 Å². The zero-order valence-corrected chi connectivity index (χ0v) is 14.7. The van der Waals surface area contributed by atoms with Crippen molar-refractivity contribution in [3.05, 3.63) is 34.9 Å². The molecule has 2 fully saturated rings. The van der Waals surface area contributed by atoms with E-state index in [1.54, 1.807) is 0 Å². The van der Waals surface area contributed by atoms with E-state index in [1.807, 2.05) is 6.92 Å². The van der Waals surface area contributed by atoms with E-state index >= 15 is 0 Å². The van der Waals surface area contributed by atoms with Crippen molar-refractivity contribution in [2.45, 2.75) is 57.6 Å². The zero-order chi connectivity index (χ0) is 17.4. The van der Waals surface area contributed by atoms with Crippen LogP contribution < -0.4 is 21.6 Å². The number of aryl methyl sites for hydroxylation is 1. The van der Waals surface area contributed by atoms with Gasteiger partial charge in [0, 0.05) is 6.04 Å². The zero-order valence-electron chi connectivity index (χ0n) is 14.7. The molecule has 2 saturated heterocycles. The Morgan fingerprint density at radius 3 is 2.96 bits per heavy atom. The Bertz CT molecular complexity index is 653. The van der Waals surface area contributed by atoms with Crippen molar-refractivity contribution in [1.82, 2.24) is 21.6 Å². The molecule has 1 amide bonds. The second kappa shape index (κ2) is 7.01. The Morgan fingerprint density at radius 2 is 2.24 bits per heavy atom. The molecule has 4 unspecified atom stereocenters. The fraction of sp³-hybridized carbons (Fsp3) is 0.611. The Hall–Kier alpha value is -1.51. The van der Waals surface area contributed by atoms with Gasteiger partial charge in [0.2, 0.25) is 5.91 Å².